The highest BCUT2D eigenvalue weighted by Crippen LogP contribution is 2.42. The van der Waals surface area contributed by atoms with Crippen LogP contribution in [0.1, 0.15) is 40.5 Å². The minimum atomic E-state index is -0.503. The van der Waals surface area contributed by atoms with Crippen LogP contribution in [0, 0.1) is 6.92 Å². The number of amides is 1. The van der Waals surface area contributed by atoms with Gasteiger partial charge >= 0.3 is 0 Å². The first-order valence-corrected chi connectivity index (χ1v) is 9.97. The molecule has 1 aromatic carbocycles. The number of aromatic nitrogens is 3. The lowest BCUT2D eigenvalue weighted by Crippen LogP contribution is -2.34. The van der Waals surface area contributed by atoms with Gasteiger partial charge in [-0.25, -0.2) is 9.97 Å². The van der Waals surface area contributed by atoms with Gasteiger partial charge in [-0.15, -0.1) is 0 Å². The van der Waals surface area contributed by atoms with Gasteiger partial charge in [-0.3, -0.25) is 4.79 Å². The second-order valence-electron chi connectivity index (χ2n) is 8.27. The summed E-state index contributed by atoms with van der Waals surface area (Å²) in [6.07, 6.45) is 5.11. The number of hydrogen-bond donors (Lipinski definition) is 4. The fourth-order valence-electron chi connectivity index (χ4n) is 4.52. The molecule has 4 N–H and O–H groups in total. The van der Waals surface area contributed by atoms with Gasteiger partial charge in [-0.05, 0) is 25.5 Å². The van der Waals surface area contributed by atoms with Crippen LogP contribution in [0.3, 0.4) is 0 Å². The summed E-state index contributed by atoms with van der Waals surface area (Å²) in [7, 11) is 0. The van der Waals surface area contributed by atoms with Crippen molar-refractivity contribution in [3.8, 4) is 11.3 Å². The van der Waals surface area contributed by atoms with E-state index in [0.29, 0.717) is 24.3 Å². The lowest BCUT2D eigenvalue weighted by Gasteiger charge is -2.22. The van der Waals surface area contributed by atoms with Crippen molar-refractivity contribution in [2.45, 2.75) is 37.3 Å². The average Bonchev–Trinajstić information content (AvgIpc) is 3.12. The summed E-state index contributed by atoms with van der Waals surface area (Å²) in [6.45, 7) is 2.52. The summed E-state index contributed by atoms with van der Waals surface area (Å²) in [5, 5.41) is 16.8. The minimum absolute atomic E-state index is 0.0477. The number of para-hydroxylation sites is 1. The van der Waals surface area contributed by atoms with Crippen molar-refractivity contribution < 1.29 is 9.90 Å². The van der Waals surface area contributed by atoms with E-state index in [-0.39, 0.29) is 11.8 Å². The number of aliphatic hydroxyl groups excluding tert-OH is 1. The number of nitrogens with zero attached hydrogens (tertiary/aromatic N) is 2. The van der Waals surface area contributed by atoms with Crippen LogP contribution in [0.2, 0.25) is 0 Å². The van der Waals surface area contributed by atoms with Crippen LogP contribution in [-0.4, -0.2) is 44.2 Å². The first kappa shape index (κ1) is 16.7. The standard InChI is InChI=1S/C22H21N5O2/c1-11-20-26-19-13(5-2-6-15(19)24-11)16-8-14-18(25-16)12(10-23-21(14)29)4-3-7-22(27-20)9-17(22)28/h2-3,5-8,12,17,25,28H,4,9-10H2,1H3,(H,23,29)(H,26,27)/b7-3+/t12-,17?,22?/m0/s1. The van der Waals surface area contributed by atoms with E-state index in [0.717, 1.165) is 40.1 Å². The predicted octanol–water partition coefficient (Wildman–Crippen LogP) is 2.64. The molecule has 4 heterocycles. The molecule has 6 rings (SSSR count). The number of hydrogen-bond acceptors (Lipinski definition) is 5. The Balaban J connectivity index is 1.63. The average molecular weight is 387 g/mol. The van der Waals surface area contributed by atoms with Gasteiger partial charge in [0.1, 0.15) is 11.3 Å². The molecule has 1 spiro atoms. The summed E-state index contributed by atoms with van der Waals surface area (Å²) in [4.78, 5) is 25.6. The number of aliphatic hydroxyl groups is 1. The van der Waals surface area contributed by atoms with Gasteiger partial charge in [-0.1, -0.05) is 24.3 Å². The summed E-state index contributed by atoms with van der Waals surface area (Å²) < 4.78 is 0. The van der Waals surface area contributed by atoms with E-state index >= 15 is 0 Å². The van der Waals surface area contributed by atoms with Crippen molar-refractivity contribution in [2.24, 2.45) is 0 Å². The normalized spacial score (nSPS) is 28.3. The summed E-state index contributed by atoms with van der Waals surface area (Å²) >= 11 is 0. The SMILES string of the molecule is Cc1nc2cccc3c2nc1NC1(/C=C/C[C@H]2CNC(=O)c4cc-3[nH]c42)CC1O. The molecule has 0 saturated heterocycles. The van der Waals surface area contributed by atoms with Crippen LogP contribution < -0.4 is 10.6 Å². The second-order valence-corrected chi connectivity index (χ2v) is 8.27. The van der Waals surface area contributed by atoms with Crippen LogP contribution >= 0.6 is 0 Å². The first-order chi connectivity index (χ1) is 14.0. The number of rotatable bonds is 0. The molecule has 3 aromatic rings. The molecule has 0 radical (unpaired) electrons. The van der Waals surface area contributed by atoms with Gasteiger partial charge in [0.05, 0.1) is 28.4 Å². The predicted molar refractivity (Wildman–Crippen MR) is 110 cm³/mol. The molecule has 2 aromatic heterocycles. The molecule has 2 unspecified atom stereocenters. The number of fused-ring (bicyclic) bond motifs is 3. The van der Waals surface area contributed by atoms with Crippen molar-refractivity contribution in [3.05, 3.63) is 53.4 Å². The van der Waals surface area contributed by atoms with Crippen molar-refractivity contribution in [1.29, 1.82) is 0 Å². The summed E-state index contributed by atoms with van der Waals surface area (Å²) in [6, 6.07) is 7.82. The van der Waals surface area contributed by atoms with E-state index in [1.165, 1.54) is 0 Å². The van der Waals surface area contributed by atoms with Gasteiger partial charge in [0.2, 0.25) is 0 Å². The fraction of sp³-hybridized carbons (Fsp3) is 0.318. The highest BCUT2D eigenvalue weighted by atomic mass is 16.3. The molecule has 146 valence electrons. The smallest absolute Gasteiger partial charge is 0.253 e. The van der Waals surface area contributed by atoms with Gasteiger partial charge in [0, 0.05) is 35.8 Å². The Morgan fingerprint density at radius 3 is 2.93 bits per heavy atom. The zero-order chi connectivity index (χ0) is 19.8. The van der Waals surface area contributed by atoms with Gasteiger partial charge in [0.15, 0.2) is 0 Å². The zero-order valence-corrected chi connectivity index (χ0v) is 16.0. The quantitative estimate of drug-likeness (QED) is 0.444. The van der Waals surface area contributed by atoms with Crippen LogP contribution in [0.25, 0.3) is 22.3 Å². The number of anilines is 1. The monoisotopic (exact) mass is 387 g/mol. The van der Waals surface area contributed by atoms with Crippen molar-refractivity contribution in [1.82, 2.24) is 20.3 Å². The lowest BCUT2D eigenvalue weighted by atomic mass is 9.94. The minimum Gasteiger partial charge on any atom is -0.390 e. The van der Waals surface area contributed by atoms with Crippen LogP contribution in [0.5, 0.6) is 0 Å². The van der Waals surface area contributed by atoms with Crippen molar-refractivity contribution in [3.63, 3.8) is 0 Å². The molecule has 1 aliphatic carbocycles. The number of carbonyl (C=O) groups is 1. The van der Waals surface area contributed by atoms with Crippen LogP contribution in [-0.2, 0) is 0 Å². The number of aryl methyl sites for hydroxylation is 1. The van der Waals surface area contributed by atoms with Crippen molar-refractivity contribution >= 4 is 22.8 Å². The van der Waals surface area contributed by atoms with E-state index < -0.39 is 11.6 Å². The largest absolute Gasteiger partial charge is 0.390 e. The molecule has 3 atom stereocenters. The molecule has 1 saturated carbocycles. The summed E-state index contributed by atoms with van der Waals surface area (Å²) in [5.41, 5.74) is 5.30. The van der Waals surface area contributed by atoms with Gasteiger partial charge < -0.3 is 20.7 Å². The fourth-order valence-corrected chi connectivity index (χ4v) is 4.52. The summed E-state index contributed by atoms with van der Waals surface area (Å²) in [5.74, 6) is 0.795. The van der Waals surface area contributed by atoms with Crippen LogP contribution in [0.15, 0.2) is 36.4 Å². The molecule has 1 amide bonds. The molecule has 7 nitrogen and oxygen atoms in total. The Morgan fingerprint density at radius 2 is 2.10 bits per heavy atom. The number of benzene rings is 1. The maximum Gasteiger partial charge on any atom is 0.253 e. The Morgan fingerprint density at radius 1 is 1.24 bits per heavy atom. The molecule has 3 aliphatic rings. The first-order valence-electron chi connectivity index (χ1n) is 9.97. The van der Waals surface area contributed by atoms with Gasteiger partial charge in [-0.2, -0.15) is 0 Å². The topological polar surface area (TPSA) is 103 Å². The Bertz CT molecular complexity index is 1210. The molecule has 4 bridgehead atoms. The van der Waals surface area contributed by atoms with E-state index in [2.05, 4.69) is 21.7 Å². The maximum atomic E-state index is 12.5. The number of allylic oxidation sites excluding steroid dienone is 1. The molecule has 2 aliphatic heterocycles. The second kappa shape index (κ2) is 5.67. The Labute approximate surface area is 167 Å². The van der Waals surface area contributed by atoms with E-state index in [4.69, 9.17) is 9.97 Å². The molecular formula is C22H21N5O2. The van der Waals surface area contributed by atoms with Crippen LogP contribution in [0.4, 0.5) is 5.82 Å². The highest BCUT2D eigenvalue weighted by Gasteiger charge is 2.52. The van der Waals surface area contributed by atoms with E-state index in [1.807, 2.05) is 37.3 Å². The molecule has 1 fully saturated rings. The Kier molecular flexibility index (Phi) is 3.27. The van der Waals surface area contributed by atoms with Gasteiger partial charge in [0.25, 0.3) is 5.91 Å². The number of nitrogens with one attached hydrogen (secondary N) is 3. The zero-order valence-electron chi connectivity index (χ0n) is 16.0. The van der Waals surface area contributed by atoms with E-state index in [1.54, 1.807) is 0 Å². The lowest BCUT2D eigenvalue weighted by molar-refractivity contribution is 0.0940. The number of H-pyrrole nitrogens is 1. The molecule has 7 heteroatoms. The Hall–Kier alpha value is -3.19. The number of aromatic amines is 1. The third kappa shape index (κ3) is 2.43. The van der Waals surface area contributed by atoms with E-state index in [9.17, 15) is 9.90 Å². The molecule has 29 heavy (non-hydrogen) atoms. The number of carbonyl (C=O) groups excluding carboxylic acids is 1. The molecular weight excluding hydrogens is 366 g/mol. The maximum absolute atomic E-state index is 12.5. The third-order valence-electron chi connectivity index (χ3n) is 6.32. The highest BCUT2D eigenvalue weighted by molar-refractivity contribution is 6.00. The van der Waals surface area contributed by atoms with Crippen molar-refractivity contribution in [2.75, 3.05) is 11.9 Å². The third-order valence-corrected chi connectivity index (χ3v) is 6.32.